The number of hydrogen-bond acceptors (Lipinski definition) is 8. The van der Waals surface area contributed by atoms with Crippen molar-refractivity contribution in [2.45, 2.75) is 102 Å². The van der Waals surface area contributed by atoms with Crippen LogP contribution in [-0.4, -0.2) is 64.4 Å². The summed E-state index contributed by atoms with van der Waals surface area (Å²) in [4.78, 5) is 51.5. The molecule has 0 radical (unpaired) electrons. The van der Waals surface area contributed by atoms with E-state index in [1.807, 2.05) is 26.0 Å². The molecule has 0 unspecified atom stereocenters. The lowest BCUT2D eigenvalue weighted by atomic mass is 9.44. The zero-order chi connectivity index (χ0) is 32.6. The topological polar surface area (TPSA) is 128 Å². The number of allylic oxidation sites excluding steroid dienone is 4. The summed E-state index contributed by atoms with van der Waals surface area (Å²) < 4.78 is 35.7. The molecular formula is C35H42FNO8. The Balaban J connectivity index is 1.20. The van der Waals surface area contributed by atoms with Gasteiger partial charge in [0, 0.05) is 28.9 Å². The lowest BCUT2D eigenvalue weighted by molar-refractivity contribution is -0.246. The van der Waals surface area contributed by atoms with E-state index in [2.05, 4.69) is 5.32 Å². The number of aliphatic hydroxyl groups is 1. The number of Topliss-reactive ketones (excluding diaryl/α,β-unsaturated/α-hetero) is 1. The summed E-state index contributed by atoms with van der Waals surface area (Å²) in [6.07, 6.45) is 3.06. The van der Waals surface area contributed by atoms with Crippen molar-refractivity contribution in [3.63, 3.8) is 0 Å². The van der Waals surface area contributed by atoms with Gasteiger partial charge in [-0.1, -0.05) is 36.8 Å². The maximum atomic E-state index is 17.6. The van der Waals surface area contributed by atoms with Crippen LogP contribution in [0.1, 0.15) is 71.8 Å². The number of benzene rings is 1. The number of halogens is 1. The number of ether oxygens (including phenoxy) is 3. The van der Waals surface area contributed by atoms with E-state index in [0.29, 0.717) is 30.5 Å². The molecule has 242 valence electrons. The van der Waals surface area contributed by atoms with Gasteiger partial charge in [-0.05, 0) is 83.1 Å². The highest BCUT2D eigenvalue weighted by Gasteiger charge is 2.80. The van der Waals surface area contributed by atoms with Crippen LogP contribution in [0.25, 0.3) is 0 Å². The number of alkyl halides is 1. The molecule has 1 saturated heterocycles. The molecule has 0 spiro atoms. The molecule has 2 N–H and O–H groups in total. The average molecular weight is 624 g/mol. The Bertz CT molecular complexity index is 1520. The summed E-state index contributed by atoms with van der Waals surface area (Å²) in [6, 6.07) is 7.30. The number of anilines is 1. The molecule has 1 heterocycles. The van der Waals surface area contributed by atoms with Crippen LogP contribution in [0.5, 0.6) is 0 Å². The van der Waals surface area contributed by atoms with Crippen LogP contribution in [-0.2, 0) is 33.4 Å². The van der Waals surface area contributed by atoms with Gasteiger partial charge in [-0.3, -0.25) is 19.2 Å². The fraction of sp³-hybridized carbons (Fsp3) is 0.600. The summed E-state index contributed by atoms with van der Waals surface area (Å²) in [7, 11) is 0. The van der Waals surface area contributed by atoms with Gasteiger partial charge in [0.1, 0.15) is 0 Å². The zero-order valence-corrected chi connectivity index (χ0v) is 26.5. The smallest absolute Gasteiger partial charge is 0.306 e. The van der Waals surface area contributed by atoms with Crippen LogP contribution in [0, 0.1) is 29.6 Å². The van der Waals surface area contributed by atoms with Gasteiger partial charge < -0.3 is 24.6 Å². The number of ketones is 2. The van der Waals surface area contributed by atoms with Crippen molar-refractivity contribution in [3.8, 4) is 0 Å². The van der Waals surface area contributed by atoms with Crippen LogP contribution in [0.3, 0.4) is 0 Å². The summed E-state index contributed by atoms with van der Waals surface area (Å²) in [5.41, 5.74) is -3.63. The Hall–Kier alpha value is -3.21. The Morgan fingerprint density at radius 1 is 1.11 bits per heavy atom. The highest BCUT2D eigenvalue weighted by atomic mass is 19.1. The summed E-state index contributed by atoms with van der Waals surface area (Å²) >= 11 is 0. The van der Waals surface area contributed by atoms with Crippen molar-refractivity contribution in [3.05, 3.63) is 53.6 Å². The second-order valence-corrected chi connectivity index (χ2v) is 14.3. The average Bonchev–Trinajstić information content (AvgIpc) is 3.38. The SMILES string of the molecule is Cc1ccccc1NC(=O)CCC(=O)OCC(=O)[C@@]12OC(C)(C)O[C@@H]1C[C@H]1[C@@H]3CCC4=CC(=O)C=C[C@]4(C)[C@@]3(F)[C@@H](O)C[C@@]12C. The maximum absolute atomic E-state index is 17.6. The first-order chi connectivity index (χ1) is 21.1. The number of rotatable bonds is 7. The van der Waals surface area contributed by atoms with Crippen molar-refractivity contribution in [1.82, 2.24) is 0 Å². The Morgan fingerprint density at radius 2 is 1.84 bits per heavy atom. The molecule has 9 nitrogen and oxygen atoms in total. The molecule has 45 heavy (non-hydrogen) atoms. The van der Waals surface area contributed by atoms with Crippen LogP contribution in [0.4, 0.5) is 10.1 Å². The molecule has 1 amide bonds. The van der Waals surface area contributed by atoms with E-state index in [1.165, 1.54) is 12.2 Å². The number of nitrogens with one attached hydrogen (secondary N) is 1. The van der Waals surface area contributed by atoms with Crippen molar-refractivity contribution < 1.29 is 42.9 Å². The van der Waals surface area contributed by atoms with E-state index < -0.39 is 64.4 Å². The predicted molar refractivity (Wildman–Crippen MR) is 162 cm³/mol. The minimum absolute atomic E-state index is 0.0793. The number of aryl methyl sites for hydroxylation is 1. The lowest BCUT2D eigenvalue weighted by Crippen LogP contribution is -2.70. The third kappa shape index (κ3) is 4.66. The van der Waals surface area contributed by atoms with Crippen LogP contribution >= 0.6 is 0 Å². The molecule has 3 saturated carbocycles. The Kier molecular flexibility index (Phi) is 7.53. The first-order valence-corrected chi connectivity index (χ1v) is 15.8. The fourth-order valence-corrected chi connectivity index (χ4v) is 9.28. The number of carbonyl (C=O) groups excluding carboxylic acids is 4. The van der Waals surface area contributed by atoms with Gasteiger partial charge in [0.15, 0.2) is 29.4 Å². The van der Waals surface area contributed by atoms with Crippen molar-refractivity contribution in [2.75, 3.05) is 11.9 Å². The number of amides is 1. The second-order valence-electron chi connectivity index (χ2n) is 14.3. The van der Waals surface area contributed by atoms with Crippen LogP contribution < -0.4 is 5.32 Å². The van der Waals surface area contributed by atoms with E-state index >= 15 is 4.39 Å². The fourth-order valence-electron chi connectivity index (χ4n) is 9.28. The molecule has 4 fully saturated rings. The minimum atomic E-state index is -2.07. The Morgan fingerprint density at radius 3 is 2.58 bits per heavy atom. The number of aliphatic hydroxyl groups excluding tert-OH is 1. The van der Waals surface area contributed by atoms with Gasteiger partial charge in [-0.2, -0.15) is 0 Å². The largest absolute Gasteiger partial charge is 0.458 e. The number of fused-ring (bicyclic) bond motifs is 7. The third-order valence-electron chi connectivity index (χ3n) is 11.4. The van der Waals surface area contributed by atoms with Gasteiger partial charge in [-0.15, -0.1) is 0 Å². The molecule has 8 atom stereocenters. The normalized spacial score (nSPS) is 39.2. The summed E-state index contributed by atoms with van der Waals surface area (Å²) in [5, 5.41) is 14.5. The van der Waals surface area contributed by atoms with Gasteiger partial charge in [0.2, 0.25) is 11.7 Å². The molecule has 6 rings (SSSR count). The van der Waals surface area contributed by atoms with E-state index in [-0.39, 0.29) is 36.9 Å². The molecule has 10 heteroatoms. The van der Waals surface area contributed by atoms with E-state index in [9.17, 15) is 24.3 Å². The number of esters is 1. The Labute approximate surface area is 262 Å². The zero-order valence-electron chi connectivity index (χ0n) is 26.5. The summed E-state index contributed by atoms with van der Waals surface area (Å²) in [5.74, 6) is -3.92. The van der Waals surface area contributed by atoms with Crippen molar-refractivity contribution >= 4 is 29.1 Å². The second kappa shape index (κ2) is 10.7. The van der Waals surface area contributed by atoms with E-state index in [4.69, 9.17) is 14.2 Å². The lowest BCUT2D eigenvalue weighted by Gasteiger charge is -2.62. The number of carbonyl (C=O) groups is 4. The molecule has 0 aromatic heterocycles. The molecule has 1 aromatic carbocycles. The van der Waals surface area contributed by atoms with Gasteiger partial charge in [0.05, 0.1) is 18.6 Å². The quantitative estimate of drug-likeness (QED) is 0.419. The minimum Gasteiger partial charge on any atom is -0.458 e. The van der Waals surface area contributed by atoms with Gasteiger partial charge >= 0.3 is 5.97 Å². The number of hydrogen-bond donors (Lipinski definition) is 2. The van der Waals surface area contributed by atoms with Crippen molar-refractivity contribution in [1.29, 1.82) is 0 Å². The van der Waals surface area contributed by atoms with Crippen molar-refractivity contribution in [2.24, 2.45) is 22.7 Å². The van der Waals surface area contributed by atoms with Crippen LogP contribution in [0.15, 0.2) is 48.1 Å². The van der Waals surface area contributed by atoms with Gasteiger partial charge in [-0.25, -0.2) is 4.39 Å². The predicted octanol–water partition coefficient (Wildman–Crippen LogP) is 4.70. The molecule has 1 aliphatic heterocycles. The standard InChI is InChI=1S/C35H42FNO8/c1-20-8-6-7-9-25(20)37-29(41)12-13-30(42)43-19-27(40)35-28(44-31(2,3)45-35)17-24-23-11-10-21-16-22(38)14-15-32(21,4)34(23,36)26(39)18-33(24,35)5/h6-9,14-16,23-24,26,28,39H,10-13,17-19H2,1-5H3,(H,37,41)/t23-,24-,26-,28+,32-,33-,34-,35+/m0/s1. The molecule has 1 aromatic rings. The van der Waals surface area contributed by atoms with E-state index in [0.717, 1.165) is 5.56 Å². The molecule has 4 aliphatic carbocycles. The van der Waals surface area contributed by atoms with Crippen LogP contribution in [0.2, 0.25) is 0 Å². The number of para-hydroxylation sites is 1. The van der Waals surface area contributed by atoms with Gasteiger partial charge in [0.25, 0.3) is 0 Å². The first-order valence-electron chi connectivity index (χ1n) is 15.8. The van der Waals surface area contributed by atoms with E-state index in [1.54, 1.807) is 39.0 Å². The molecular weight excluding hydrogens is 581 g/mol. The third-order valence-corrected chi connectivity index (χ3v) is 11.4. The maximum Gasteiger partial charge on any atom is 0.306 e. The highest BCUT2D eigenvalue weighted by molar-refractivity contribution is 6.01. The molecule has 5 aliphatic rings. The monoisotopic (exact) mass is 623 g/mol. The first kappa shape index (κ1) is 31.8. The highest BCUT2D eigenvalue weighted by Crippen LogP contribution is 2.72. The summed E-state index contributed by atoms with van der Waals surface area (Å²) in [6.45, 7) is 8.27. The molecule has 0 bridgehead atoms.